The summed E-state index contributed by atoms with van der Waals surface area (Å²) >= 11 is 0. The number of carbonyl (C=O) groups excluding carboxylic acids is 1. The lowest BCUT2D eigenvalue weighted by atomic mass is 10.4. The van der Waals surface area contributed by atoms with Crippen molar-refractivity contribution < 1.29 is 22.9 Å². The Labute approximate surface area is 71.1 Å². The maximum Gasteiger partial charge on any atom is 0.420 e. The van der Waals surface area contributed by atoms with Gasteiger partial charge in [-0.25, -0.2) is 4.79 Å². The molecule has 4 N–H and O–H groups in total. The molecule has 74 valence electrons. The maximum atomic E-state index is 10.7. The van der Waals surface area contributed by atoms with E-state index < -0.39 is 16.2 Å². The molecule has 1 amide bonds. The predicted octanol–water partition coefficient (Wildman–Crippen LogP) is -0.613. The van der Waals surface area contributed by atoms with Gasteiger partial charge in [-0.1, -0.05) is 13.3 Å². The van der Waals surface area contributed by atoms with Crippen LogP contribution in [0.25, 0.3) is 0 Å². The van der Waals surface area contributed by atoms with Crippen LogP contribution in [0.15, 0.2) is 0 Å². The molecular formula is C5H13NO5S. The van der Waals surface area contributed by atoms with Gasteiger partial charge in [-0.05, 0) is 6.42 Å². The number of amides is 1. The molecule has 0 fully saturated rings. The van der Waals surface area contributed by atoms with E-state index in [1.54, 1.807) is 0 Å². The highest BCUT2D eigenvalue weighted by molar-refractivity contribution is 7.87. The normalized spacial score (nSPS) is 10.1. The van der Waals surface area contributed by atoms with Gasteiger partial charge in [0.25, 0.3) is 0 Å². The van der Waals surface area contributed by atoms with E-state index in [-0.39, 0.29) is 11.2 Å². The van der Waals surface area contributed by atoms with E-state index >= 15 is 0 Å². The minimum Gasteiger partial charge on any atom is -0.412 e. The summed E-state index contributed by atoms with van der Waals surface area (Å²) in [6, 6.07) is 0. The Balaban J connectivity index is 0. The van der Waals surface area contributed by atoms with Gasteiger partial charge >= 0.3 is 16.2 Å². The van der Waals surface area contributed by atoms with Crippen molar-refractivity contribution in [2.75, 3.05) is 5.75 Å². The van der Waals surface area contributed by atoms with Gasteiger partial charge in [0.05, 0.1) is 5.75 Å². The second-order valence-electron chi connectivity index (χ2n) is 2.02. The van der Waals surface area contributed by atoms with E-state index in [4.69, 9.17) is 0 Å². The lowest BCUT2D eigenvalue weighted by Gasteiger charge is -2.00. The van der Waals surface area contributed by atoms with Crippen LogP contribution in [0.5, 0.6) is 0 Å². The zero-order chi connectivity index (χ0) is 8.91. The summed E-state index contributed by atoms with van der Waals surface area (Å²) < 4.78 is 25.2. The number of hydrogen-bond acceptors (Lipinski definition) is 4. The largest absolute Gasteiger partial charge is 0.420 e. The van der Waals surface area contributed by atoms with Crippen LogP contribution in [0.1, 0.15) is 19.8 Å². The second kappa shape index (κ2) is 5.78. The number of nitrogens with two attached hydrogens (primary N) is 1. The highest BCUT2D eigenvalue weighted by atomic mass is 32.2. The van der Waals surface area contributed by atoms with Crippen molar-refractivity contribution in [3.63, 3.8) is 0 Å². The molecule has 0 aromatic rings. The van der Waals surface area contributed by atoms with E-state index in [2.05, 4.69) is 9.92 Å². The molecule has 0 atom stereocenters. The molecule has 0 saturated heterocycles. The van der Waals surface area contributed by atoms with E-state index in [1.807, 2.05) is 6.92 Å². The minimum absolute atomic E-state index is 0. The average Bonchev–Trinajstić information content (AvgIpc) is 1.81. The third kappa shape index (κ3) is 7.29. The van der Waals surface area contributed by atoms with Crippen LogP contribution in [0.2, 0.25) is 0 Å². The summed E-state index contributed by atoms with van der Waals surface area (Å²) in [5.41, 5.74) is 4.51. The fourth-order valence-corrected chi connectivity index (χ4v) is 1.46. The van der Waals surface area contributed by atoms with Crippen molar-refractivity contribution >= 4 is 16.2 Å². The number of unbranched alkanes of at least 4 members (excludes halogenated alkanes) is 1. The van der Waals surface area contributed by atoms with Crippen molar-refractivity contribution in [1.82, 2.24) is 0 Å². The first-order chi connectivity index (χ1) is 4.98. The first-order valence-electron chi connectivity index (χ1n) is 3.19. The third-order valence-corrected chi connectivity index (χ3v) is 2.16. The summed E-state index contributed by atoms with van der Waals surface area (Å²) in [4.78, 5) is 10.00. The fourth-order valence-electron chi connectivity index (χ4n) is 0.488. The standard InChI is InChI=1S/C5H11NO4S.H2O/c1-2-3-4-11(8,9)10-5(6)7;/h2-4H2,1H3,(H2,6,7);1H2. The van der Waals surface area contributed by atoms with E-state index in [1.165, 1.54) is 0 Å². The molecule has 0 unspecified atom stereocenters. The summed E-state index contributed by atoms with van der Waals surface area (Å²) in [6.45, 7) is 1.83. The van der Waals surface area contributed by atoms with Crippen molar-refractivity contribution in [3.05, 3.63) is 0 Å². The smallest absolute Gasteiger partial charge is 0.412 e. The molecule has 0 bridgehead atoms. The number of primary amides is 1. The zero-order valence-corrected chi connectivity index (χ0v) is 7.56. The Morgan fingerprint density at radius 1 is 1.50 bits per heavy atom. The molecule has 7 heteroatoms. The molecule has 0 aliphatic carbocycles. The van der Waals surface area contributed by atoms with Gasteiger partial charge in [-0.2, -0.15) is 8.42 Å². The molecule has 0 saturated carbocycles. The highest BCUT2D eigenvalue weighted by Crippen LogP contribution is 1.97. The summed E-state index contributed by atoms with van der Waals surface area (Å²) in [5.74, 6) is -0.160. The van der Waals surface area contributed by atoms with Crippen LogP contribution in [0, 0.1) is 0 Å². The summed E-state index contributed by atoms with van der Waals surface area (Å²) in [5, 5.41) is 0. The van der Waals surface area contributed by atoms with Crippen molar-refractivity contribution in [1.29, 1.82) is 0 Å². The molecule has 0 aliphatic heterocycles. The van der Waals surface area contributed by atoms with Gasteiger partial charge in [0, 0.05) is 0 Å². The Bertz CT molecular complexity index is 222. The molecule has 0 radical (unpaired) electrons. The van der Waals surface area contributed by atoms with Gasteiger partial charge in [-0.3, -0.25) is 0 Å². The van der Waals surface area contributed by atoms with Gasteiger partial charge < -0.3 is 15.4 Å². The van der Waals surface area contributed by atoms with Crippen LogP contribution in [0.4, 0.5) is 4.79 Å². The molecule has 0 spiro atoms. The minimum atomic E-state index is -3.72. The van der Waals surface area contributed by atoms with Crippen molar-refractivity contribution in [2.24, 2.45) is 5.73 Å². The van der Waals surface area contributed by atoms with Gasteiger partial charge in [0.15, 0.2) is 0 Å². The molecule has 0 heterocycles. The first-order valence-corrected chi connectivity index (χ1v) is 4.77. The van der Waals surface area contributed by atoms with E-state index in [0.29, 0.717) is 6.42 Å². The molecule has 0 aromatic carbocycles. The predicted molar refractivity (Wildman–Crippen MR) is 43.0 cm³/mol. The molecule has 0 aromatic heterocycles. The highest BCUT2D eigenvalue weighted by Gasteiger charge is 2.12. The van der Waals surface area contributed by atoms with E-state index in [9.17, 15) is 13.2 Å². The maximum absolute atomic E-state index is 10.7. The van der Waals surface area contributed by atoms with Crippen molar-refractivity contribution in [3.8, 4) is 0 Å². The number of hydrogen-bond donors (Lipinski definition) is 1. The van der Waals surface area contributed by atoms with Gasteiger partial charge in [-0.15, -0.1) is 0 Å². The molecule has 0 rings (SSSR count). The monoisotopic (exact) mass is 199 g/mol. The summed E-state index contributed by atoms with van der Waals surface area (Å²) in [6.07, 6.45) is -0.0853. The average molecular weight is 199 g/mol. The van der Waals surface area contributed by atoms with E-state index in [0.717, 1.165) is 6.42 Å². The van der Waals surface area contributed by atoms with Crippen LogP contribution in [0.3, 0.4) is 0 Å². The third-order valence-electron chi connectivity index (χ3n) is 0.957. The zero-order valence-electron chi connectivity index (χ0n) is 6.74. The second-order valence-corrected chi connectivity index (χ2v) is 3.71. The Hall–Kier alpha value is -0.820. The van der Waals surface area contributed by atoms with Crippen LogP contribution in [-0.4, -0.2) is 25.7 Å². The quantitative estimate of drug-likeness (QED) is 0.607. The van der Waals surface area contributed by atoms with Crippen LogP contribution < -0.4 is 5.73 Å². The summed E-state index contributed by atoms with van der Waals surface area (Å²) in [7, 11) is -3.72. The lowest BCUT2D eigenvalue weighted by molar-refractivity contribution is 0.212. The van der Waals surface area contributed by atoms with Gasteiger partial charge in [0.2, 0.25) is 0 Å². The molecular weight excluding hydrogens is 186 g/mol. The van der Waals surface area contributed by atoms with Gasteiger partial charge in [0.1, 0.15) is 0 Å². The number of carbonyl (C=O) groups is 1. The fraction of sp³-hybridized carbons (Fsp3) is 0.800. The Morgan fingerprint density at radius 2 is 2.00 bits per heavy atom. The Morgan fingerprint density at radius 3 is 2.33 bits per heavy atom. The Kier molecular flexibility index (Phi) is 6.63. The molecule has 6 nitrogen and oxygen atoms in total. The van der Waals surface area contributed by atoms with Crippen LogP contribution >= 0.6 is 0 Å². The first kappa shape index (κ1) is 13.7. The molecule has 0 aliphatic rings. The number of rotatable bonds is 4. The van der Waals surface area contributed by atoms with Crippen LogP contribution in [-0.2, 0) is 14.3 Å². The topological polar surface area (TPSA) is 118 Å². The van der Waals surface area contributed by atoms with Crippen molar-refractivity contribution in [2.45, 2.75) is 19.8 Å². The SMILES string of the molecule is CCCCS(=O)(=O)OC(N)=O.O. The molecule has 12 heavy (non-hydrogen) atoms. The lowest BCUT2D eigenvalue weighted by Crippen LogP contribution is -2.20.